The van der Waals surface area contributed by atoms with E-state index in [1.54, 1.807) is 5.56 Å². The molecule has 96 valence electrons. The molecule has 4 aliphatic rings. The molecule has 1 aromatic rings. The molecule has 4 bridgehead atoms. The zero-order valence-electron chi connectivity index (χ0n) is 11.5. The van der Waals surface area contributed by atoms with Crippen LogP contribution in [0.15, 0.2) is 24.3 Å². The molecule has 4 fully saturated rings. The van der Waals surface area contributed by atoms with Crippen LogP contribution in [0.1, 0.15) is 37.3 Å². The molecule has 0 spiro atoms. The fourth-order valence-corrected chi connectivity index (χ4v) is 5.35. The van der Waals surface area contributed by atoms with Crippen molar-refractivity contribution >= 4 is 0 Å². The number of benzene rings is 1. The molecule has 3 unspecified atom stereocenters. The van der Waals surface area contributed by atoms with E-state index in [0.717, 1.165) is 17.9 Å². The minimum Gasteiger partial charge on any atom is -0.299 e. The predicted molar refractivity (Wildman–Crippen MR) is 74.7 cm³/mol. The van der Waals surface area contributed by atoms with E-state index in [9.17, 15) is 0 Å². The van der Waals surface area contributed by atoms with Gasteiger partial charge >= 0.3 is 0 Å². The Kier molecular flexibility index (Phi) is 2.21. The van der Waals surface area contributed by atoms with Crippen LogP contribution in [0.3, 0.4) is 0 Å². The van der Waals surface area contributed by atoms with Gasteiger partial charge in [0.2, 0.25) is 0 Å². The highest BCUT2D eigenvalue weighted by molar-refractivity contribution is 5.37. The van der Waals surface area contributed by atoms with Crippen molar-refractivity contribution in [2.45, 2.75) is 44.6 Å². The summed E-state index contributed by atoms with van der Waals surface area (Å²) in [5, 5.41) is 0. The largest absolute Gasteiger partial charge is 0.299 e. The first kappa shape index (κ1) is 11.0. The van der Waals surface area contributed by atoms with Crippen molar-refractivity contribution in [3.63, 3.8) is 0 Å². The molecule has 1 heteroatoms. The van der Waals surface area contributed by atoms with Crippen LogP contribution >= 0.6 is 0 Å². The number of hydrogen-bond donors (Lipinski definition) is 0. The maximum atomic E-state index is 2.78. The summed E-state index contributed by atoms with van der Waals surface area (Å²) in [5.74, 6) is 1.93. The van der Waals surface area contributed by atoms with E-state index in [-0.39, 0.29) is 0 Å². The van der Waals surface area contributed by atoms with Crippen LogP contribution in [0.2, 0.25) is 0 Å². The van der Waals surface area contributed by atoms with Crippen molar-refractivity contribution < 1.29 is 0 Å². The molecule has 1 aliphatic carbocycles. The van der Waals surface area contributed by atoms with Gasteiger partial charge in [-0.05, 0) is 56.1 Å². The normalized spacial score (nSPS) is 45.4. The highest BCUT2D eigenvalue weighted by Crippen LogP contribution is 2.55. The molecular formula is C17H23N. The molecule has 3 aliphatic heterocycles. The first-order valence-corrected chi connectivity index (χ1v) is 7.49. The Morgan fingerprint density at radius 1 is 1.11 bits per heavy atom. The van der Waals surface area contributed by atoms with Gasteiger partial charge in [0.05, 0.1) is 0 Å². The Bertz CT molecular complexity index is 464. The molecule has 18 heavy (non-hydrogen) atoms. The van der Waals surface area contributed by atoms with Gasteiger partial charge in [-0.25, -0.2) is 0 Å². The van der Waals surface area contributed by atoms with Crippen molar-refractivity contribution in [1.82, 2.24) is 4.90 Å². The topological polar surface area (TPSA) is 3.24 Å². The van der Waals surface area contributed by atoms with Gasteiger partial charge in [-0.2, -0.15) is 0 Å². The zero-order chi connectivity index (χ0) is 12.3. The lowest BCUT2D eigenvalue weighted by molar-refractivity contribution is -0.0788. The molecule has 3 saturated heterocycles. The van der Waals surface area contributed by atoms with Crippen LogP contribution in [0, 0.1) is 18.8 Å². The van der Waals surface area contributed by atoms with Crippen molar-refractivity contribution in [2.24, 2.45) is 11.8 Å². The van der Waals surface area contributed by atoms with E-state index in [2.05, 4.69) is 43.0 Å². The molecule has 1 nitrogen and oxygen atoms in total. The summed E-state index contributed by atoms with van der Waals surface area (Å²) in [6, 6.07) is 9.87. The Morgan fingerprint density at radius 2 is 1.78 bits per heavy atom. The Hall–Kier alpha value is -0.820. The molecule has 3 heterocycles. The summed E-state index contributed by atoms with van der Waals surface area (Å²) in [6.45, 7) is 7.51. The second-order valence-electron chi connectivity index (χ2n) is 6.98. The molecule has 0 N–H and O–H groups in total. The van der Waals surface area contributed by atoms with E-state index in [1.807, 2.05) is 0 Å². The number of hydrogen-bond acceptors (Lipinski definition) is 1. The van der Waals surface area contributed by atoms with Crippen molar-refractivity contribution in [3.8, 4) is 0 Å². The number of nitrogens with zero attached hydrogens (tertiary/aromatic N) is 1. The predicted octanol–water partition coefficient (Wildman–Crippen LogP) is 3.37. The maximum absolute atomic E-state index is 2.78. The van der Waals surface area contributed by atoms with Gasteiger partial charge in [0.1, 0.15) is 0 Å². The number of aryl methyl sites for hydroxylation is 1. The average Bonchev–Trinajstić information content (AvgIpc) is 2.35. The molecular weight excluding hydrogens is 218 g/mol. The van der Waals surface area contributed by atoms with Crippen molar-refractivity contribution in [3.05, 3.63) is 35.4 Å². The standard InChI is InChI=1S/C17H23N/c1-12-5-3-4-6-16(12)17-8-14-7-15(9-17)11-18(10-14)13(17)2/h3-6,13-15H,7-11H2,1-2H3. The molecule has 0 radical (unpaired) electrons. The lowest BCUT2D eigenvalue weighted by Gasteiger charge is -2.62. The first-order chi connectivity index (χ1) is 8.69. The molecule has 1 aromatic carbocycles. The third-order valence-electron chi connectivity index (χ3n) is 5.99. The van der Waals surface area contributed by atoms with Crippen LogP contribution in [0.25, 0.3) is 0 Å². The van der Waals surface area contributed by atoms with Gasteiger partial charge in [0.15, 0.2) is 0 Å². The SMILES string of the molecule is Cc1ccccc1C12CC3CC(CN(C3)C1C)C2. The van der Waals surface area contributed by atoms with Gasteiger partial charge in [0.25, 0.3) is 0 Å². The third-order valence-corrected chi connectivity index (χ3v) is 5.99. The molecule has 1 saturated carbocycles. The van der Waals surface area contributed by atoms with Gasteiger partial charge in [-0.3, -0.25) is 4.90 Å². The second-order valence-corrected chi connectivity index (χ2v) is 6.98. The van der Waals surface area contributed by atoms with Crippen LogP contribution in [0.5, 0.6) is 0 Å². The highest BCUT2D eigenvalue weighted by atomic mass is 15.2. The van der Waals surface area contributed by atoms with Gasteiger partial charge < -0.3 is 0 Å². The van der Waals surface area contributed by atoms with E-state index in [4.69, 9.17) is 0 Å². The first-order valence-electron chi connectivity index (χ1n) is 7.49. The summed E-state index contributed by atoms with van der Waals surface area (Å²) in [7, 11) is 0. The van der Waals surface area contributed by atoms with Gasteiger partial charge in [-0.15, -0.1) is 0 Å². The lowest BCUT2D eigenvalue weighted by Crippen LogP contribution is -2.65. The molecule has 0 amide bonds. The zero-order valence-corrected chi connectivity index (χ0v) is 11.5. The fourth-order valence-electron chi connectivity index (χ4n) is 5.35. The van der Waals surface area contributed by atoms with Crippen LogP contribution < -0.4 is 0 Å². The summed E-state index contributed by atoms with van der Waals surface area (Å²) < 4.78 is 0. The van der Waals surface area contributed by atoms with E-state index in [1.165, 1.54) is 37.9 Å². The monoisotopic (exact) mass is 241 g/mol. The van der Waals surface area contributed by atoms with Crippen molar-refractivity contribution in [1.29, 1.82) is 0 Å². The molecule has 5 rings (SSSR count). The van der Waals surface area contributed by atoms with Crippen molar-refractivity contribution in [2.75, 3.05) is 13.1 Å². The highest BCUT2D eigenvalue weighted by Gasteiger charge is 2.55. The second kappa shape index (κ2) is 3.60. The fraction of sp³-hybridized carbons (Fsp3) is 0.647. The Balaban J connectivity index is 1.85. The third kappa shape index (κ3) is 1.31. The molecule has 3 atom stereocenters. The maximum Gasteiger partial charge on any atom is 0.0164 e. The van der Waals surface area contributed by atoms with Crippen LogP contribution in [0.4, 0.5) is 0 Å². The molecule has 0 aromatic heterocycles. The lowest BCUT2D eigenvalue weighted by atomic mass is 9.53. The summed E-state index contributed by atoms with van der Waals surface area (Å²) in [4.78, 5) is 2.78. The van der Waals surface area contributed by atoms with Crippen LogP contribution in [-0.4, -0.2) is 24.0 Å². The summed E-state index contributed by atoms with van der Waals surface area (Å²) >= 11 is 0. The number of rotatable bonds is 1. The van der Waals surface area contributed by atoms with E-state index >= 15 is 0 Å². The summed E-state index contributed by atoms with van der Waals surface area (Å²) in [5.41, 5.74) is 3.62. The Morgan fingerprint density at radius 3 is 2.44 bits per heavy atom. The van der Waals surface area contributed by atoms with E-state index in [0.29, 0.717) is 5.41 Å². The van der Waals surface area contributed by atoms with E-state index < -0.39 is 0 Å². The minimum absolute atomic E-state index is 0.468. The number of piperidine rings is 3. The minimum atomic E-state index is 0.468. The average molecular weight is 241 g/mol. The quantitative estimate of drug-likeness (QED) is 0.728. The Labute approximate surface area is 110 Å². The smallest absolute Gasteiger partial charge is 0.0164 e. The van der Waals surface area contributed by atoms with Gasteiger partial charge in [0, 0.05) is 24.5 Å². The van der Waals surface area contributed by atoms with Crippen LogP contribution in [-0.2, 0) is 5.41 Å². The summed E-state index contributed by atoms with van der Waals surface area (Å²) in [6.07, 6.45) is 4.37. The van der Waals surface area contributed by atoms with Gasteiger partial charge in [-0.1, -0.05) is 24.3 Å².